The van der Waals surface area contributed by atoms with E-state index in [1.165, 1.54) is 22.3 Å². The van der Waals surface area contributed by atoms with Crippen LogP contribution in [-0.2, 0) is 6.61 Å². The van der Waals surface area contributed by atoms with Crippen LogP contribution in [0.1, 0.15) is 41.0 Å². The van der Waals surface area contributed by atoms with E-state index in [1.807, 2.05) is 0 Å². The van der Waals surface area contributed by atoms with Crippen molar-refractivity contribution in [3.05, 3.63) is 64.7 Å². The molecule has 2 nitrogen and oxygen atoms in total. The lowest BCUT2D eigenvalue weighted by Gasteiger charge is -2.12. The Hall–Kier alpha value is -1.80. The molecule has 114 valence electrons. The van der Waals surface area contributed by atoms with E-state index in [2.05, 4.69) is 61.6 Å². The Morgan fingerprint density at radius 1 is 1.05 bits per heavy atom. The van der Waals surface area contributed by atoms with Crippen molar-refractivity contribution in [3.63, 3.8) is 0 Å². The van der Waals surface area contributed by atoms with Gasteiger partial charge in [0.1, 0.15) is 12.4 Å². The first-order valence-electron chi connectivity index (χ1n) is 8.25. The van der Waals surface area contributed by atoms with Gasteiger partial charge in [-0.2, -0.15) is 0 Å². The second-order valence-corrected chi connectivity index (χ2v) is 6.78. The molecule has 1 N–H and O–H groups in total. The normalized spacial score (nSPS) is 25.8. The van der Waals surface area contributed by atoms with Gasteiger partial charge >= 0.3 is 0 Å². The fourth-order valence-corrected chi connectivity index (χ4v) is 4.02. The van der Waals surface area contributed by atoms with Crippen LogP contribution in [0.15, 0.2) is 42.5 Å². The summed E-state index contributed by atoms with van der Waals surface area (Å²) in [6.07, 6.45) is 0. The average Bonchev–Trinajstić information content (AvgIpc) is 3.11. The van der Waals surface area contributed by atoms with Gasteiger partial charge in [0, 0.05) is 12.5 Å². The molecule has 4 rings (SSSR count). The third-order valence-electron chi connectivity index (χ3n) is 5.38. The molecule has 0 aromatic heterocycles. The number of rotatable bonds is 3. The van der Waals surface area contributed by atoms with Crippen LogP contribution in [0, 0.1) is 12.8 Å². The number of fused-ring (bicyclic) bond motifs is 3. The molecule has 3 unspecified atom stereocenters. The molecule has 0 amide bonds. The Labute approximate surface area is 132 Å². The fourth-order valence-electron chi connectivity index (χ4n) is 4.02. The molecular formula is C20H23NO. The maximum Gasteiger partial charge on any atom is 0.120 e. The summed E-state index contributed by atoms with van der Waals surface area (Å²) in [7, 11) is 0. The molecule has 2 aliphatic rings. The van der Waals surface area contributed by atoms with Gasteiger partial charge in [0.2, 0.25) is 0 Å². The Kier molecular flexibility index (Phi) is 3.42. The van der Waals surface area contributed by atoms with E-state index < -0.39 is 0 Å². The molecule has 1 saturated heterocycles. The standard InChI is InChI=1S/C20H23NO/c1-13-3-5-15(6-4-13)12-22-16-7-8-17-14(2)19-10-21-11-20(19)18(17)9-16/h3-9,14,19-21H,10-12H2,1-2H3. The molecule has 2 aromatic carbocycles. The van der Waals surface area contributed by atoms with E-state index >= 15 is 0 Å². The number of nitrogens with one attached hydrogen (secondary N) is 1. The van der Waals surface area contributed by atoms with Crippen LogP contribution >= 0.6 is 0 Å². The van der Waals surface area contributed by atoms with Gasteiger partial charge < -0.3 is 10.1 Å². The summed E-state index contributed by atoms with van der Waals surface area (Å²) >= 11 is 0. The van der Waals surface area contributed by atoms with Crippen LogP contribution in [0.25, 0.3) is 0 Å². The van der Waals surface area contributed by atoms with Crippen LogP contribution in [0.2, 0.25) is 0 Å². The number of hydrogen-bond donors (Lipinski definition) is 1. The highest BCUT2D eigenvalue weighted by Crippen LogP contribution is 2.48. The zero-order valence-corrected chi connectivity index (χ0v) is 13.3. The van der Waals surface area contributed by atoms with Crippen molar-refractivity contribution in [1.82, 2.24) is 5.32 Å². The van der Waals surface area contributed by atoms with Crippen molar-refractivity contribution in [3.8, 4) is 5.75 Å². The largest absolute Gasteiger partial charge is 0.489 e. The smallest absolute Gasteiger partial charge is 0.120 e. The Balaban J connectivity index is 1.52. The van der Waals surface area contributed by atoms with Crippen molar-refractivity contribution >= 4 is 0 Å². The summed E-state index contributed by atoms with van der Waals surface area (Å²) in [6, 6.07) is 15.2. The second kappa shape index (κ2) is 5.44. The van der Waals surface area contributed by atoms with Crippen LogP contribution in [-0.4, -0.2) is 13.1 Å². The molecule has 0 radical (unpaired) electrons. The Bertz CT molecular complexity index is 677. The Morgan fingerprint density at radius 2 is 1.86 bits per heavy atom. The molecule has 0 bridgehead atoms. The predicted octanol–water partition coefficient (Wildman–Crippen LogP) is 3.99. The lowest BCUT2D eigenvalue weighted by atomic mass is 9.91. The molecule has 1 heterocycles. The SMILES string of the molecule is Cc1ccc(COc2ccc3c(c2)C2CNCC2C3C)cc1. The van der Waals surface area contributed by atoms with Crippen LogP contribution in [0.4, 0.5) is 0 Å². The topological polar surface area (TPSA) is 21.3 Å². The predicted molar refractivity (Wildman–Crippen MR) is 89.5 cm³/mol. The summed E-state index contributed by atoms with van der Waals surface area (Å²) in [5.74, 6) is 3.11. The second-order valence-electron chi connectivity index (χ2n) is 6.78. The van der Waals surface area contributed by atoms with Crippen molar-refractivity contribution < 1.29 is 4.74 Å². The highest BCUT2D eigenvalue weighted by atomic mass is 16.5. The zero-order chi connectivity index (χ0) is 15.1. The van der Waals surface area contributed by atoms with Gasteiger partial charge in [-0.15, -0.1) is 0 Å². The van der Waals surface area contributed by atoms with E-state index in [-0.39, 0.29) is 0 Å². The number of benzene rings is 2. The first-order valence-corrected chi connectivity index (χ1v) is 8.25. The van der Waals surface area contributed by atoms with E-state index in [1.54, 1.807) is 0 Å². The summed E-state index contributed by atoms with van der Waals surface area (Å²) in [5.41, 5.74) is 5.54. The third-order valence-corrected chi connectivity index (χ3v) is 5.38. The minimum absolute atomic E-state index is 0.640. The summed E-state index contributed by atoms with van der Waals surface area (Å²) in [5, 5.41) is 3.54. The molecule has 1 aliphatic heterocycles. The maximum atomic E-state index is 6.02. The van der Waals surface area contributed by atoms with Crippen molar-refractivity contribution in [1.29, 1.82) is 0 Å². The fraction of sp³-hybridized carbons (Fsp3) is 0.400. The molecule has 1 aliphatic carbocycles. The number of hydrogen-bond acceptors (Lipinski definition) is 2. The third kappa shape index (κ3) is 2.32. The van der Waals surface area contributed by atoms with Crippen LogP contribution < -0.4 is 10.1 Å². The lowest BCUT2D eigenvalue weighted by Crippen LogP contribution is -2.12. The highest BCUT2D eigenvalue weighted by molar-refractivity contribution is 5.45. The lowest BCUT2D eigenvalue weighted by molar-refractivity contribution is 0.306. The van der Waals surface area contributed by atoms with Gasteiger partial charge in [-0.25, -0.2) is 0 Å². The van der Waals surface area contributed by atoms with Gasteiger partial charge in [0.25, 0.3) is 0 Å². The Morgan fingerprint density at radius 3 is 2.68 bits per heavy atom. The van der Waals surface area contributed by atoms with Gasteiger partial charge in [-0.1, -0.05) is 42.8 Å². The van der Waals surface area contributed by atoms with Crippen molar-refractivity contribution in [2.45, 2.75) is 32.3 Å². The molecule has 22 heavy (non-hydrogen) atoms. The minimum Gasteiger partial charge on any atom is -0.489 e. The van der Waals surface area contributed by atoms with Gasteiger partial charge in [-0.05, 0) is 54.1 Å². The summed E-state index contributed by atoms with van der Waals surface area (Å²) < 4.78 is 6.02. The molecule has 1 fully saturated rings. The van der Waals surface area contributed by atoms with Gasteiger partial charge in [0.05, 0.1) is 0 Å². The summed E-state index contributed by atoms with van der Waals surface area (Å²) in [4.78, 5) is 0. The molecule has 3 atom stereocenters. The summed E-state index contributed by atoms with van der Waals surface area (Å²) in [6.45, 7) is 7.38. The van der Waals surface area contributed by atoms with E-state index in [9.17, 15) is 0 Å². The van der Waals surface area contributed by atoms with Crippen molar-refractivity contribution in [2.75, 3.05) is 13.1 Å². The highest BCUT2D eigenvalue weighted by Gasteiger charge is 2.41. The molecular weight excluding hydrogens is 270 g/mol. The van der Waals surface area contributed by atoms with Gasteiger partial charge in [0.15, 0.2) is 0 Å². The van der Waals surface area contributed by atoms with E-state index in [0.29, 0.717) is 18.4 Å². The first-order chi connectivity index (χ1) is 10.7. The molecule has 2 aromatic rings. The molecule has 2 heteroatoms. The zero-order valence-electron chi connectivity index (χ0n) is 13.3. The van der Waals surface area contributed by atoms with E-state index in [4.69, 9.17) is 4.74 Å². The average molecular weight is 293 g/mol. The van der Waals surface area contributed by atoms with Crippen LogP contribution in [0.5, 0.6) is 5.75 Å². The van der Waals surface area contributed by atoms with Crippen LogP contribution in [0.3, 0.4) is 0 Å². The molecule has 0 saturated carbocycles. The quantitative estimate of drug-likeness (QED) is 0.923. The number of aryl methyl sites for hydroxylation is 1. The van der Waals surface area contributed by atoms with Crippen molar-refractivity contribution in [2.24, 2.45) is 5.92 Å². The monoisotopic (exact) mass is 293 g/mol. The van der Waals surface area contributed by atoms with Gasteiger partial charge in [-0.3, -0.25) is 0 Å². The molecule has 0 spiro atoms. The minimum atomic E-state index is 0.640. The number of ether oxygens (including phenoxy) is 1. The first kappa shape index (κ1) is 13.8. The maximum absolute atomic E-state index is 6.02. The van der Waals surface area contributed by atoms with E-state index in [0.717, 1.165) is 24.8 Å².